The Morgan fingerprint density at radius 3 is 2.86 bits per heavy atom. The van der Waals surface area contributed by atoms with E-state index < -0.39 is 0 Å². The van der Waals surface area contributed by atoms with Gasteiger partial charge in [-0.3, -0.25) is 4.79 Å². The van der Waals surface area contributed by atoms with Crippen LogP contribution in [0.15, 0.2) is 22.7 Å². The number of rotatable bonds is 5. The van der Waals surface area contributed by atoms with Gasteiger partial charge in [-0.1, -0.05) is 22.0 Å². The number of hydrogen-bond acceptors (Lipinski definition) is 3. The third-order valence-electron chi connectivity index (χ3n) is 3.58. The molecule has 1 aromatic rings. The second-order valence-electron chi connectivity index (χ2n) is 5.08. The van der Waals surface area contributed by atoms with Gasteiger partial charge in [-0.2, -0.15) is 0 Å². The zero-order chi connectivity index (χ0) is 15.2. The standard InChI is InChI=1S/C15H20BrFN2O2/c1-11(13-3-2-12(16)10-14(13)17)18-5-4-15(20)19-6-8-21-9-7-19/h2-3,10-11,18H,4-9H2,1H3. The first-order chi connectivity index (χ1) is 10.1. The summed E-state index contributed by atoms with van der Waals surface area (Å²) in [5.74, 6) is -0.127. The van der Waals surface area contributed by atoms with Gasteiger partial charge in [0.15, 0.2) is 0 Å². The third-order valence-corrected chi connectivity index (χ3v) is 4.08. The highest BCUT2D eigenvalue weighted by molar-refractivity contribution is 9.10. The Balaban J connectivity index is 1.78. The van der Waals surface area contributed by atoms with E-state index in [9.17, 15) is 9.18 Å². The number of ether oxygens (including phenoxy) is 1. The minimum Gasteiger partial charge on any atom is -0.378 e. The molecule has 1 N–H and O–H groups in total. The summed E-state index contributed by atoms with van der Waals surface area (Å²) in [6.45, 7) is 4.98. The van der Waals surface area contributed by atoms with Crippen molar-refractivity contribution in [3.8, 4) is 0 Å². The van der Waals surface area contributed by atoms with Crippen LogP contribution in [0.4, 0.5) is 4.39 Å². The lowest BCUT2D eigenvalue weighted by Gasteiger charge is -2.27. The molecule has 1 amide bonds. The van der Waals surface area contributed by atoms with Crippen molar-refractivity contribution in [2.75, 3.05) is 32.8 Å². The summed E-state index contributed by atoms with van der Waals surface area (Å²) >= 11 is 3.24. The molecule has 2 rings (SSSR count). The average Bonchev–Trinajstić information content (AvgIpc) is 2.47. The van der Waals surface area contributed by atoms with Crippen LogP contribution in [0.5, 0.6) is 0 Å². The third kappa shape index (κ3) is 4.76. The lowest BCUT2D eigenvalue weighted by Crippen LogP contribution is -2.41. The molecule has 0 radical (unpaired) electrons. The second-order valence-corrected chi connectivity index (χ2v) is 6.00. The van der Waals surface area contributed by atoms with Crippen molar-refractivity contribution in [2.45, 2.75) is 19.4 Å². The van der Waals surface area contributed by atoms with Gasteiger partial charge < -0.3 is 15.0 Å². The Morgan fingerprint density at radius 1 is 1.48 bits per heavy atom. The highest BCUT2D eigenvalue weighted by Crippen LogP contribution is 2.20. The molecule has 0 bridgehead atoms. The van der Waals surface area contributed by atoms with E-state index in [-0.39, 0.29) is 17.8 Å². The molecule has 116 valence electrons. The van der Waals surface area contributed by atoms with E-state index in [1.54, 1.807) is 6.07 Å². The lowest BCUT2D eigenvalue weighted by atomic mass is 10.1. The number of hydrogen-bond donors (Lipinski definition) is 1. The fourth-order valence-electron chi connectivity index (χ4n) is 2.33. The van der Waals surface area contributed by atoms with E-state index in [1.165, 1.54) is 6.07 Å². The molecule has 1 heterocycles. The fourth-order valence-corrected chi connectivity index (χ4v) is 2.66. The number of halogens is 2. The maximum atomic E-state index is 13.8. The number of carbonyl (C=O) groups is 1. The first-order valence-corrected chi connectivity index (χ1v) is 7.91. The summed E-state index contributed by atoms with van der Waals surface area (Å²) in [7, 11) is 0. The van der Waals surface area contributed by atoms with Crippen molar-refractivity contribution in [2.24, 2.45) is 0 Å². The zero-order valence-corrected chi connectivity index (χ0v) is 13.7. The van der Waals surface area contributed by atoms with E-state index in [2.05, 4.69) is 21.2 Å². The van der Waals surface area contributed by atoms with E-state index in [1.807, 2.05) is 17.9 Å². The van der Waals surface area contributed by atoms with Crippen LogP contribution in [0.3, 0.4) is 0 Å². The Hall–Kier alpha value is -0.980. The second kappa shape index (κ2) is 7.87. The molecule has 0 aromatic heterocycles. The van der Waals surface area contributed by atoms with Crippen LogP contribution in [0, 0.1) is 5.82 Å². The van der Waals surface area contributed by atoms with Gasteiger partial charge in [-0.25, -0.2) is 4.39 Å². The molecular formula is C15H20BrFN2O2. The summed E-state index contributed by atoms with van der Waals surface area (Å²) in [6, 6.07) is 4.89. The molecule has 1 fully saturated rings. The van der Waals surface area contributed by atoms with Crippen molar-refractivity contribution in [1.29, 1.82) is 0 Å². The minimum absolute atomic E-state index is 0.120. The van der Waals surface area contributed by atoms with Gasteiger partial charge >= 0.3 is 0 Å². The lowest BCUT2D eigenvalue weighted by molar-refractivity contribution is -0.135. The molecular weight excluding hydrogens is 339 g/mol. The fraction of sp³-hybridized carbons (Fsp3) is 0.533. The van der Waals surface area contributed by atoms with Gasteiger partial charge in [0.05, 0.1) is 13.2 Å². The zero-order valence-electron chi connectivity index (χ0n) is 12.1. The normalized spacial score (nSPS) is 16.8. The van der Waals surface area contributed by atoms with Crippen LogP contribution in [0.1, 0.15) is 24.9 Å². The largest absolute Gasteiger partial charge is 0.378 e. The van der Waals surface area contributed by atoms with Crippen molar-refractivity contribution in [3.05, 3.63) is 34.1 Å². The highest BCUT2D eigenvalue weighted by Gasteiger charge is 2.17. The molecule has 1 saturated heterocycles. The Bertz CT molecular complexity index is 493. The van der Waals surface area contributed by atoms with Crippen LogP contribution in [0.2, 0.25) is 0 Å². The predicted octanol–water partition coefficient (Wildman–Crippen LogP) is 2.49. The molecule has 0 spiro atoms. The average molecular weight is 359 g/mol. The SMILES string of the molecule is CC(NCCC(=O)N1CCOCC1)c1ccc(Br)cc1F. The van der Waals surface area contributed by atoms with Crippen LogP contribution in [-0.2, 0) is 9.53 Å². The molecule has 0 aliphatic carbocycles. The van der Waals surface area contributed by atoms with E-state index >= 15 is 0 Å². The van der Waals surface area contributed by atoms with E-state index in [4.69, 9.17) is 4.74 Å². The highest BCUT2D eigenvalue weighted by atomic mass is 79.9. The van der Waals surface area contributed by atoms with Crippen molar-refractivity contribution >= 4 is 21.8 Å². The number of carbonyl (C=O) groups excluding carboxylic acids is 1. The summed E-state index contributed by atoms with van der Waals surface area (Å²) in [6.07, 6.45) is 0.419. The van der Waals surface area contributed by atoms with Crippen molar-refractivity contribution in [3.63, 3.8) is 0 Å². The summed E-state index contributed by atoms with van der Waals surface area (Å²) in [5.41, 5.74) is 0.608. The monoisotopic (exact) mass is 358 g/mol. The van der Waals surface area contributed by atoms with Crippen LogP contribution in [-0.4, -0.2) is 43.7 Å². The summed E-state index contributed by atoms with van der Waals surface area (Å²) in [4.78, 5) is 13.8. The molecule has 6 heteroatoms. The van der Waals surface area contributed by atoms with Gasteiger partial charge in [0.1, 0.15) is 5.82 Å². The van der Waals surface area contributed by atoms with Gasteiger partial charge in [-0.05, 0) is 19.1 Å². The van der Waals surface area contributed by atoms with E-state index in [0.29, 0.717) is 44.8 Å². The molecule has 0 saturated carbocycles. The van der Waals surface area contributed by atoms with Crippen molar-refractivity contribution < 1.29 is 13.9 Å². The smallest absolute Gasteiger partial charge is 0.224 e. The number of nitrogens with one attached hydrogen (secondary N) is 1. The molecule has 4 nitrogen and oxygen atoms in total. The Labute approximate surface area is 132 Å². The molecule has 1 aromatic carbocycles. The minimum atomic E-state index is -0.246. The van der Waals surface area contributed by atoms with E-state index in [0.717, 1.165) is 4.47 Å². The molecule has 1 unspecified atom stereocenters. The topological polar surface area (TPSA) is 41.6 Å². The molecule has 21 heavy (non-hydrogen) atoms. The summed E-state index contributed by atoms with van der Waals surface area (Å²) in [5, 5.41) is 3.20. The Morgan fingerprint density at radius 2 is 2.19 bits per heavy atom. The van der Waals surface area contributed by atoms with Gasteiger partial charge in [-0.15, -0.1) is 0 Å². The maximum absolute atomic E-state index is 13.8. The number of morpholine rings is 1. The number of benzene rings is 1. The Kier molecular flexibility index (Phi) is 6.14. The predicted molar refractivity (Wildman–Crippen MR) is 82.5 cm³/mol. The maximum Gasteiger partial charge on any atom is 0.224 e. The molecule has 1 atom stereocenters. The van der Waals surface area contributed by atoms with Gasteiger partial charge in [0.2, 0.25) is 5.91 Å². The number of amides is 1. The van der Waals surface area contributed by atoms with Crippen LogP contribution >= 0.6 is 15.9 Å². The molecule has 1 aliphatic heterocycles. The molecule has 1 aliphatic rings. The van der Waals surface area contributed by atoms with Crippen LogP contribution < -0.4 is 5.32 Å². The quantitative estimate of drug-likeness (QED) is 0.878. The first kappa shape index (κ1) is 16.4. The van der Waals surface area contributed by atoms with Gasteiger partial charge in [0, 0.05) is 42.1 Å². The van der Waals surface area contributed by atoms with Crippen molar-refractivity contribution in [1.82, 2.24) is 10.2 Å². The first-order valence-electron chi connectivity index (χ1n) is 7.12. The summed E-state index contributed by atoms with van der Waals surface area (Å²) < 4.78 is 19.8. The number of nitrogens with zero attached hydrogens (tertiary/aromatic N) is 1. The van der Waals surface area contributed by atoms with Gasteiger partial charge in [0.25, 0.3) is 0 Å². The van der Waals surface area contributed by atoms with Crippen LogP contribution in [0.25, 0.3) is 0 Å².